The number of hydrogen-bond acceptors (Lipinski definition) is 6. The van der Waals surface area contributed by atoms with E-state index in [1.54, 1.807) is 0 Å². The van der Waals surface area contributed by atoms with Crippen LogP contribution >= 0.6 is 11.3 Å². The number of nitrogens with one attached hydrogen (secondary N) is 1. The highest BCUT2D eigenvalue weighted by molar-refractivity contribution is 7.18. The quantitative estimate of drug-likeness (QED) is 0.780. The number of aliphatic hydroxyl groups excluding tert-OH is 1. The van der Waals surface area contributed by atoms with Crippen molar-refractivity contribution in [3.8, 4) is 0 Å². The third-order valence-corrected chi connectivity index (χ3v) is 5.88. The summed E-state index contributed by atoms with van der Waals surface area (Å²) in [6.45, 7) is 5.88. The third kappa shape index (κ3) is 2.48. The van der Waals surface area contributed by atoms with Crippen LogP contribution in [0.1, 0.15) is 42.8 Å². The summed E-state index contributed by atoms with van der Waals surface area (Å²) in [5.41, 5.74) is 5.62. The first kappa shape index (κ1) is 14.6. The molecule has 1 aliphatic heterocycles. The van der Waals surface area contributed by atoms with Gasteiger partial charge in [0, 0.05) is 24.5 Å². The molecule has 21 heavy (non-hydrogen) atoms. The van der Waals surface area contributed by atoms with Crippen molar-refractivity contribution < 1.29 is 9.90 Å². The van der Waals surface area contributed by atoms with Crippen molar-refractivity contribution in [2.45, 2.75) is 45.3 Å². The van der Waals surface area contributed by atoms with E-state index < -0.39 is 0 Å². The second-order valence-corrected chi connectivity index (χ2v) is 7.48. The van der Waals surface area contributed by atoms with E-state index in [0.29, 0.717) is 17.1 Å². The van der Waals surface area contributed by atoms with Crippen molar-refractivity contribution in [2.75, 3.05) is 23.7 Å². The molecule has 1 saturated heterocycles. The van der Waals surface area contributed by atoms with Gasteiger partial charge in [-0.05, 0) is 19.3 Å². The third-order valence-electron chi connectivity index (χ3n) is 4.75. The van der Waals surface area contributed by atoms with Gasteiger partial charge in [-0.2, -0.15) is 0 Å². The molecule has 0 bridgehead atoms. The van der Waals surface area contributed by atoms with Crippen LogP contribution in [0.5, 0.6) is 0 Å². The fourth-order valence-corrected chi connectivity index (χ4v) is 3.84. The Morgan fingerprint density at radius 2 is 2.14 bits per heavy atom. The molecule has 116 valence electrons. The molecule has 1 saturated carbocycles. The molecule has 2 unspecified atom stereocenters. The standard InChI is InChI=1S/C14H22N4O2S/c1-14(2)8(7-9(14)19)16-12(20)10-11(15)17-13(21-10)18-5-3-4-6-18/h8-9,19H,3-7,15H2,1-2H3,(H,16,20). The molecule has 6 nitrogen and oxygen atoms in total. The lowest BCUT2D eigenvalue weighted by Gasteiger charge is -2.49. The maximum Gasteiger partial charge on any atom is 0.265 e. The van der Waals surface area contributed by atoms with Crippen LogP contribution < -0.4 is 16.0 Å². The Kier molecular flexibility index (Phi) is 3.57. The number of carbonyl (C=O) groups excluding carboxylic acids is 1. The summed E-state index contributed by atoms with van der Waals surface area (Å²) in [6, 6.07) is -0.0169. The van der Waals surface area contributed by atoms with Gasteiger partial charge in [0.2, 0.25) is 0 Å². The van der Waals surface area contributed by atoms with Gasteiger partial charge in [0.05, 0.1) is 6.10 Å². The largest absolute Gasteiger partial charge is 0.392 e. The van der Waals surface area contributed by atoms with Gasteiger partial charge < -0.3 is 21.1 Å². The van der Waals surface area contributed by atoms with Crippen LogP contribution in [-0.4, -0.2) is 41.2 Å². The van der Waals surface area contributed by atoms with E-state index in [4.69, 9.17) is 5.73 Å². The van der Waals surface area contributed by atoms with E-state index in [0.717, 1.165) is 31.1 Å². The maximum atomic E-state index is 12.4. The monoisotopic (exact) mass is 310 g/mol. The van der Waals surface area contributed by atoms with Crippen LogP contribution in [0.25, 0.3) is 0 Å². The molecule has 1 aliphatic carbocycles. The minimum absolute atomic E-state index is 0.0169. The number of nitrogens with two attached hydrogens (primary N) is 1. The molecule has 2 fully saturated rings. The zero-order valence-electron chi connectivity index (χ0n) is 12.4. The Balaban J connectivity index is 1.70. The van der Waals surface area contributed by atoms with Crippen LogP contribution in [0.15, 0.2) is 0 Å². The second kappa shape index (κ2) is 5.14. The van der Waals surface area contributed by atoms with Gasteiger partial charge in [-0.25, -0.2) is 4.98 Å². The summed E-state index contributed by atoms with van der Waals surface area (Å²) in [7, 11) is 0. The summed E-state index contributed by atoms with van der Waals surface area (Å²) >= 11 is 1.36. The second-order valence-electron chi connectivity index (χ2n) is 6.50. The molecule has 4 N–H and O–H groups in total. The van der Waals surface area contributed by atoms with Crippen molar-refractivity contribution in [1.82, 2.24) is 10.3 Å². The highest BCUT2D eigenvalue weighted by Gasteiger charge is 2.48. The SMILES string of the molecule is CC1(C)C(O)CC1NC(=O)c1sc(N2CCCC2)nc1N. The molecule has 1 aromatic rings. The molecule has 2 heterocycles. The molecule has 0 aromatic carbocycles. The van der Waals surface area contributed by atoms with Gasteiger partial charge in [-0.15, -0.1) is 0 Å². The lowest BCUT2D eigenvalue weighted by atomic mass is 9.64. The molecule has 2 aliphatic rings. The number of carbonyl (C=O) groups is 1. The number of amides is 1. The van der Waals surface area contributed by atoms with Crippen LogP contribution in [-0.2, 0) is 0 Å². The van der Waals surface area contributed by atoms with Crippen LogP contribution in [0.4, 0.5) is 10.9 Å². The predicted octanol–water partition coefficient (Wildman–Crippen LogP) is 1.21. The lowest BCUT2D eigenvalue weighted by molar-refractivity contribution is -0.0689. The average Bonchev–Trinajstić information content (AvgIpc) is 3.07. The van der Waals surface area contributed by atoms with Crippen LogP contribution in [0.2, 0.25) is 0 Å². The Morgan fingerprint density at radius 3 is 2.71 bits per heavy atom. The molecular formula is C14H22N4O2S. The molecule has 2 atom stereocenters. The zero-order valence-corrected chi connectivity index (χ0v) is 13.2. The Bertz CT molecular complexity index is 551. The van der Waals surface area contributed by atoms with Crippen molar-refractivity contribution in [3.05, 3.63) is 4.88 Å². The van der Waals surface area contributed by atoms with Gasteiger partial charge in [0.15, 0.2) is 5.13 Å². The van der Waals surface area contributed by atoms with Crippen molar-refractivity contribution >= 4 is 28.2 Å². The summed E-state index contributed by atoms with van der Waals surface area (Å²) < 4.78 is 0. The minimum atomic E-state index is -0.359. The van der Waals surface area contributed by atoms with Crippen LogP contribution in [0, 0.1) is 5.41 Å². The smallest absolute Gasteiger partial charge is 0.265 e. The van der Waals surface area contributed by atoms with Crippen molar-refractivity contribution in [3.63, 3.8) is 0 Å². The summed E-state index contributed by atoms with van der Waals surface area (Å²) in [6.07, 6.45) is 2.56. The van der Waals surface area contributed by atoms with Crippen LogP contribution in [0.3, 0.4) is 0 Å². The fourth-order valence-electron chi connectivity index (χ4n) is 2.90. The van der Waals surface area contributed by atoms with Gasteiger partial charge in [0.25, 0.3) is 5.91 Å². The highest BCUT2D eigenvalue weighted by Crippen LogP contribution is 2.41. The first-order chi connectivity index (χ1) is 9.89. The van der Waals surface area contributed by atoms with Gasteiger partial charge in [-0.1, -0.05) is 25.2 Å². The maximum absolute atomic E-state index is 12.4. The van der Waals surface area contributed by atoms with E-state index in [2.05, 4.69) is 15.2 Å². The van der Waals surface area contributed by atoms with Crippen molar-refractivity contribution in [1.29, 1.82) is 0 Å². The summed E-state index contributed by atoms with van der Waals surface area (Å²) in [4.78, 5) is 19.4. The average molecular weight is 310 g/mol. The van der Waals surface area contributed by atoms with E-state index >= 15 is 0 Å². The number of aliphatic hydroxyl groups is 1. The van der Waals surface area contributed by atoms with Crippen molar-refractivity contribution in [2.24, 2.45) is 5.41 Å². The predicted molar refractivity (Wildman–Crippen MR) is 83.6 cm³/mol. The Morgan fingerprint density at radius 1 is 1.48 bits per heavy atom. The normalized spacial score (nSPS) is 27.5. The first-order valence-electron chi connectivity index (χ1n) is 7.40. The topological polar surface area (TPSA) is 91.5 Å². The van der Waals surface area contributed by atoms with E-state index in [-0.39, 0.29) is 23.5 Å². The number of aromatic nitrogens is 1. The number of hydrogen-bond donors (Lipinski definition) is 3. The molecule has 1 aromatic heterocycles. The Hall–Kier alpha value is -1.34. The minimum Gasteiger partial charge on any atom is -0.392 e. The van der Waals surface area contributed by atoms with E-state index in [1.807, 2.05) is 13.8 Å². The van der Waals surface area contributed by atoms with E-state index in [9.17, 15) is 9.90 Å². The number of nitrogens with zero attached hydrogens (tertiary/aromatic N) is 2. The number of anilines is 2. The molecular weight excluding hydrogens is 288 g/mol. The molecule has 0 radical (unpaired) electrons. The fraction of sp³-hybridized carbons (Fsp3) is 0.714. The highest BCUT2D eigenvalue weighted by atomic mass is 32.1. The summed E-state index contributed by atoms with van der Waals surface area (Å²) in [5, 5.41) is 13.5. The van der Waals surface area contributed by atoms with Gasteiger partial charge in [0.1, 0.15) is 10.7 Å². The van der Waals surface area contributed by atoms with Gasteiger partial charge in [-0.3, -0.25) is 4.79 Å². The Labute approximate surface area is 128 Å². The molecule has 3 rings (SSSR count). The summed E-state index contributed by atoms with van der Waals surface area (Å²) in [5.74, 6) is 0.123. The zero-order chi connectivity index (χ0) is 15.2. The number of nitrogen functional groups attached to an aromatic ring is 1. The number of thiazole rings is 1. The lowest BCUT2D eigenvalue weighted by Crippen LogP contribution is -2.61. The van der Waals surface area contributed by atoms with Gasteiger partial charge >= 0.3 is 0 Å². The molecule has 1 amide bonds. The first-order valence-corrected chi connectivity index (χ1v) is 8.21. The number of rotatable bonds is 3. The molecule has 0 spiro atoms. The molecule has 7 heteroatoms. The van der Waals surface area contributed by atoms with E-state index in [1.165, 1.54) is 11.3 Å².